The molecule has 0 saturated carbocycles. The molecule has 10 heteroatoms. The second-order valence-electron chi connectivity index (χ2n) is 5.61. The number of rotatable bonds is 6. The van der Waals surface area contributed by atoms with E-state index in [1.807, 2.05) is 19.1 Å². The first-order chi connectivity index (χ1) is 13.4. The second kappa shape index (κ2) is 9.38. The van der Waals surface area contributed by atoms with E-state index in [1.165, 1.54) is 23.1 Å². The molecule has 0 spiro atoms. The number of nitrogens with zero attached hydrogens (tertiary/aromatic N) is 2. The summed E-state index contributed by atoms with van der Waals surface area (Å²) >= 11 is 14.2. The first-order valence-corrected chi connectivity index (χ1v) is 10.6. The predicted octanol–water partition coefficient (Wildman–Crippen LogP) is 5.14. The lowest BCUT2D eigenvalue weighted by molar-refractivity contribution is -0.113. The largest absolute Gasteiger partial charge is 0.325 e. The number of halogens is 2. The Kier molecular flexibility index (Phi) is 6.90. The molecule has 6 nitrogen and oxygen atoms in total. The lowest BCUT2D eigenvalue weighted by Crippen LogP contribution is -2.13. The molecule has 1 heterocycles. The number of aromatic nitrogens is 2. The van der Waals surface area contributed by atoms with Crippen molar-refractivity contribution in [2.24, 2.45) is 0 Å². The highest BCUT2D eigenvalue weighted by Crippen LogP contribution is 2.27. The number of aryl methyl sites for hydroxylation is 1. The van der Waals surface area contributed by atoms with Crippen molar-refractivity contribution >= 4 is 68.9 Å². The zero-order valence-electron chi connectivity index (χ0n) is 14.5. The molecule has 0 saturated heterocycles. The minimum absolute atomic E-state index is 0.140. The Morgan fingerprint density at radius 2 is 1.86 bits per heavy atom. The van der Waals surface area contributed by atoms with Crippen LogP contribution in [-0.2, 0) is 4.79 Å². The van der Waals surface area contributed by atoms with Crippen molar-refractivity contribution in [1.29, 1.82) is 0 Å². The highest BCUT2D eigenvalue weighted by molar-refractivity contribution is 8.01. The molecule has 0 aliphatic heterocycles. The number of carbonyl (C=O) groups is 2. The van der Waals surface area contributed by atoms with Crippen molar-refractivity contribution in [3.63, 3.8) is 0 Å². The fraction of sp³-hybridized carbons (Fsp3) is 0.111. The van der Waals surface area contributed by atoms with Gasteiger partial charge < -0.3 is 5.32 Å². The van der Waals surface area contributed by atoms with E-state index in [0.29, 0.717) is 30.8 Å². The van der Waals surface area contributed by atoms with Crippen LogP contribution < -0.4 is 10.6 Å². The smallest absolute Gasteiger partial charge is 0.257 e. The van der Waals surface area contributed by atoms with E-state index in [9.17, 15) is 9.59 Å². The SMILES string of the molecule is Cc1ccccc1C(=O)Nc1nnc(SCC(=O)Nc2ccc(Cl)c(Cl)c2)s1. The lowest BCUT2D eigenvalue weighted by atomic mass is 10.1. The Morgan fingerprint density at radius 3 is 2.61 bits per heavy atom. The summed E-state index contributed by atoms with van der Waals surface area (Å²) in [4.78, 5) is 24.4. The second-order valence-corrected chi connectivity index (χ2v) is 8.62. The first kappa shape index (κ1) is 20.6. The number of nitrogens with one attached hydrogen (secondary N) is 2. The molecule has 0 atom stereocenters. The molecular weight excluding hydrogens is 439 g/mol. The maximum Gasteiger partial charge on any atom is 0.257 e. The Labute approximate surface area is 179 Å². The van der Waals surface area contributed by atoms with Crippen LogP contribution in [0.15, 0.2) is 46.8 Å². The molecule has 0 bridgehead atoms. The maximum atomic E-state index is 12.3. The molecule has 28 heavy (non-hydrogen) atoms. The van der Waals surface area contributed by atoms with Crippen LogP contribution in [0.25, 0.3) is 0 Å². The molecule has 1 aromatic heterocycles. The van der Waals surface area contributed by atoms with E-state index >= 15 is 0 Å². The normalized spacial score (nSPS) is 10.5. The fourth-order valence-electron chi connectivity index (χ4n) is 2.21. The van der Waals surface area contributed by atoms with E-state index in [-0.39, 0.29) is 17.6 Å². The number of carbonyl (C=O) groups excluding carboxylic acids is 2. The van der Waals surface area contributed by atoms with E-state index in [0.717, 1.165) is 5.56 Å². The van der Waals surface area contributed by atoms with Crippen molar-refractivity contribution in [2.75, 3.05) is 16.4 Å². The van der Waals surface area contributed by atoms with Crippen LogP contribution >= 0.6 is 46.3 Å². The van der Waals surface area contributed by atoms with E-state index in [1.54, 1.807) is 30.3 Å². The van der Waals surface area contributed by atoms with Gasteiger partial charge in [0.25, 0.3) is 5.91 Å². The summed E-state index contributed by atoms with van der Waals surface area (Å²) in [5.41, 5.74) is 2.01. The van der Waals surface area contributed by atoms with Crippen LogP contribution in [-0.4, -0.2) is 27.8 Å². The van der Waals surface area contributed by atoms with Gasteiger partial charge >= 0.3 is 0 Å². The molecule has 2 aromatic carbocycles. The molecule has 0 aliphatic carbocycles. The Morgan fingerprint density at radius 1 is 1.07 bits per heavy atom. The Hall–Kier alpha value is -2.13. The number of thioether (sulfide) groups is 1. The van der Waals surface area contributed by atoms with Crippen molar-refractivity contribution in [1.82, 2.24) is 10.2 Å². The number of benzene rings is 2. The van der Waals surface area contributed by atoms with Crippen LogP contribution in [0.4, 0.5) is 10.8 Å². The van der Waals surface area contributed by atoms with E-state index in [4.69, 9.17) is 23.2 Å². The average Bonchev–Trinajstić information content (AvgIpc) is 3.11. The van der Waals surface area contributed by atoms with Crippen LogP contribution in [0.2, 0.25) is 10.0 Å². The Bertz CT molecular complexity index is 1030. The van der Waals surface area contributed by atoms with Crippen molar-refractivity contribution in [3.8, 4) is 0 Å². The van der Waals surface area contributed by atoms with Gasteiger partial charge in [0.1, 0.15) is 0 Å². The minimum Gasteiger partial charge on any atom is -0.325 e. The monoisotopic (exact) mass is 452 g/mol. The highest BCUT2D eigenvalue weighted by Gasteiger charge is 2.13. The molecule has 2 amide bonds. The maximum absolute atomic E-state index is 12.3. The van der Waals surface area contributed by atoms with E-state index in [2.05, 4.69) is 20.8 Å². The van der Waals surface area contributed by atoms with Gasteiger partial charge in [-0.1, -0.05) is 64.5 Å². The molecular formula is C18H14Cl2N4O2S2. The molecule has 0 fully saturated rings. The third-order valence-corrected chi connectivity index (χ3v) is 6.26. The van der Waals surface area contributed by atoms with Crippen LogP contribution in [0.1, 0.15) is 15.9 Å². The summed E-state index contributed by atoms with van der Waals surface area (Å²) in [5.74, 6) is -0.326. The van der Waals surface area contributed by atoms with Gasteiger partial charge in [-0.25, -0.2) is 0 Å². The molecule has 144 valence electrons. The van der Waals surface area contributed by atoms with Gasteiger partial charge in [0.2, 0.25) is 11.0 Å². The van der Waals surface area contributed by atoms with Gasteiger partial charge in [-0.05, 0) is 36.8 Å². The molecule has 3 aromatic rings. The quantitative estimate of drug-likeness (QED) is 0.399. The third-order valence-electron chi connectivity index (χ3n) is 3.55. The predicted molar refractivity (Wildman–Crippen MR) is 115 cm³/mol. The molecule has 0 radical (unpaired) electrons. The standard InChI is InChI=1S/C18H14Cl2N4O2S2/c1-10-4-2-3-5-12(10)16(26)22-17-23-24-18(28-17)27-9-15(25)21-11-6-7-13(19)14(20)8-11/h2-8H,9H2,1H3,(H,21,25)(H,22,23,26). The molecule has 0 aliphatic rings. The van der Waals surface area contributed by atoms with Gasteiger partial charge in [-0.2, -0.15) is 0 Å². The lowest BCUT2D eigenvalue weighted by Gasteiger charge is -2.05. The summed E-state index contributed by atoms with van der Waals surface area (Å²) in [6.07, 6.45) is 0. The molecule has 0 unspecified atom stereocenters. The number of amides is 2. The topological polar surface area (TPSA) is 84.0 Å². The van der Waals surface area contributed by atoms with Gasteiger partial charge in [0.05, 0.1) is 15.8 Å². The summed E-state index contributed by atoms with van der Waals surface area (Å²) in [6.45, 7) is 1.86. The average molecular weight is 453 g/mol. The van der Waals surface area contributed by atoms with Crippen molar-refractivity contribution in [2.45, 2.75) is 11.3 Å². The summed E-state index contributed by atoms with van der Waals surface area (Å²) in [6, 6.07) is 12.1. The third kappa shape index (κ3) is 5.45. The van der Waals surface area contributed by atoms with Crippen molar-refractivity contribution in [3.05, 3.63) is 63.6 Å². The summed E-state index contributed by atoms with van der Waals surface area (Å²) < 4.78 is 0.573. The number of hydrogen-bond acceptors (Lipinski definition) is 6. The van der Waals surface area contributed by atoms with Gasteiger partial charge in [-0.15, -0.1) is 10.2 Å². The van der Waals surface area contributed by atoms with Crippen LogP contribution in [0, 0.1) is 6.92 Å². The molecule has 3 rings (SSSR count). The van der Waals surface area contributed by atoms with Gasteiger partial charge in [-0.3, -0.25) is 14.9 Å². The summed E-state index contributed by atoms with van der Waals surface area (Å²) in [5, 5.41) is 14.6. The minimum atomic E-state index is -0.247. The van der Waals surface area contributed by atoms with E-state index < -0.39 is 0 Å². The fourth-order valence-corrected chi connectivity index (χ4v) is 4.05. The number of anilines is 2. The van der Waals surface area contributed by atoms with Crippen LogP contribution in [0.3, 0.4) is 0 Å². The molecule has 2 N–H and O–H groups in total. The number of hydrogen-bond donors (Lipinski definition) is 2. The van der Waals surface area contributed by atoms with Crippen LogP contribution in [0.5, 0.6) is 0 Å². The zero-order valence-corrected chi connectivity index (χ0v) is 17.7. The van der Waals surface area contributed by atoms with Gasteiger partial charge in [0, 0.05) is 11.3 Å². The van der Waals surface area contributed by atoms with Gasteiger partial charge in [0.15, 0.2) is 4.34 Å². The summed E-state index contributed by atoms with van der Waals surface area (Å²) in [7, 11) is 0. The first-order valence-electron chi connectivity index (χ1n) is 8.00. The van der Waals surface area contributed by atoms with Crippen molar-refractivity contribution < 1.29 is 9.59 Å². The Balaban J connectivity index is 1.53. The zero-order chi connectivity index (χ0) is 20.1. The highest BCUT2D eigenvalue weighted by atomic mass is 35.5.